The predicted octanol–water partition coefficient (Wildman–Crippen LogP) is 5.70. The molecule has 320 valence electrons. The number of carbonyl (C=O) groups is 3. The lowest BCUT2D eigenvalue weighted by atomic mass is 10.1. The van der Waals surface area contributed by atoms with Crippen LogP contribution in [0, 0.1) is 10.1 Å². The Morgan fingerprint density at radius 2 is 0.786 bits per heavy atom. The van der Waals surface area contributed by atoms with Crippen LogP contribution in [-0.4, -0.2) is 142 Å². The molecule has 15 nitrogen and oxygen atoms in total. The van der Waals surface area contributed by atoms with Crippen molar-refractivity contribution in [2.75, 3.05) is 72.0 Å². The van der Waals surface area contributed by atoms with E-state index in [1.54, 1.807) is 0 Å². The molecular formula is C41H71N5O10. The number of carbonyl (C=O) groups excluding carboxylic acids is 3. The Labute approximate surface area is 335 Å². The van der Waals surface area contributed by atoms with Gasteiger partial charge in [-0.05, 0) is 104 Å². The molecule has 0 bridgehead atoms. The summed E-state index contributed by atoms with van der Waals surface area (Å²) in [6.45, 7) is 31.7. The molecule has 1 saturated heterocycles. The van der Waals surface area contributed by atoms with E-state index < -0.39 is 32.9 Å². The van der Waals surface area contributed by atoms with Crippen LogP contribution >= 0.6 is 0 Å². The Bertz CT molecular complexity index is 1400. The number of benzene rings is 1. The van der Waals surface area contributed by atoms with Gasteiger partial charge in [-0.2, -0.15) is 0 Å². The summed E-state index contributed by atoms with van der Waals surface area (Å²) in [4.78, 5) is 59.2. The zero-order chi connectivity index (χ0) is 42.9. The van der Waals surface area contributed by atoms with E-state index in [1.807, 2.05) is 119 Å². The van der Waals surface area contributed by atoms with Gasteiger partial charge in [-0.25, -0.2) is 0 Å². The molecule has 1 aromatic rings. The second kappa shape index (κ2) is 19.8. The van der Waals surface area contributed by atoms with Crippen molar-refractivity contribution in [1.82, 2.24) is 19.6 Å². The third-order valence-electron chi connectivity index (χ3n) is 7.83. The van der Waals surface area contributed by atoms with Crippen molar-refractivity contribution in [3.63, 3.8) is 0 Å². The minimum Gasteiger partial charge on any atom is -0.487 e. The topological polar surface area (TPSA) is 153 Å². The van der Waals surface area contributed by atoms with Crippen LogP contribution in [0.25, 0.3) is 0 Å². The van der Waals surface area contributed by atoms with Gasteiger partial charge in [0.2, 0.25) is 0 Å². The standard InChI is InChI=1S/C41H71N5O10/c1-37(2,3)52-32-24-30(46(50)51)25-33(53-38(4,5)6)31(32)26-42-16-18-43(27-34(47)54-39(7,8)9)20-22-45(29-36(49)56-41(13,14)15)23-21-44(19-17-42)28-35(48)55-40(10,11)12/h24-25H,16-23,26-29H2,1-15H3. The van der Waals surface area contributed by atoms with Crippen LogP contribution in [0.3, 0.4) is 0 Å². The summed E-state index contributed by atoms with van der Waals surface area (Å²) in [5.41, 5.74) is -2.85. The molecule has 1 heterocycles. The van der Waals surface area contributed by atoms with E-state index in [2.05, 4.69) is 4.90 Å². The Balaban J connectivity index is 2.63. The Hall–Kier alpha value is -3.53. The number of esters is 3. The van der Waals surface area contributed by atoms with Crippen molar-refractivity contribution >= 4 is 23.6 Å². The largest absolute Gasteiger partial charge is 0.487 e. The van der Waals surface area contributed by atoms with Gasteiger partial charge in [-0.1, -0.05) is 0 Å². The van der Waals surface area contributed by atoms with Crippen molar-refractivity contribution in [3.05, 3.63) is 27.8 Å². The minimum atomic E-state index is -0.676. The molecular weight excluding hydrogens is 722 g/mol. The molecule has 0 radical (unpaired) electrons. The summed E-state index contributed by atoms with van der Waals surface area (Å²) >= 11 is 0. The number of hydrogen-bond donors (Lipinski definition) is 0. The molecule has 56 heavy (non-hydrogen) atoms. The van der Waals surface area contributed by atoms with E-state index in [4.69, 9.17) is 23.7 Å². The second-order valence-corrected chi connectivity index (χ2v) is 19.5. The minimum absolute atomic E-state index is 0.0322. The molecule has 1 fully saturated rings. The van der Waals surface area contributed by atoms with Crippen LogP contribution in [0.5, 0.6) is 11.5 Å². The van der Waals surface area contributed by atoms with E-state index in [1.165, 1.54) is 12.1 Å². The Morgan fingerprint density at radius 1 is 0.518 bits per heavy atom. The maximum absolute atomic E-state index is 13.2. The average molecular weight is 794 g/mol. The van der Waals surface area contributed by atoms with E-state index in [0.717, 1.165) is 0 Å². The molecule has 0 atom stereocenters. The number of ether oxygens (including phenoxy) is 5. The molecule has 0 aliphatic carbocycles. The first-order valence-electron chi connectivity index (χ1n) is 19.6. The van der Waals surface area contributed by atoms with Crippen LogP contribution in [0.4, 0.5) is 5.69 Å². The predicted molar refractivity (Wildman–Crippen MR) is 216 cm³/mol. The first kappa shape index (κ1) is 48.6. The molecule has 0 unspecified atom stereocenters. The quantitative estimate of drug-likeness (QED) is 0.117. The highest BCUT2D eigenvalue weighted by Crippen LogP contribution is 2.38. The monoisotopic (exact) mass is 794 g/mol. The van der Waals surface area contributed by atoms with Crippen molar-refractivity contribution in [3.8, 4) is 11.5 Å². The van der Waals surface area contributed by atoms with Gasteiger partial charge in [0.25, 0.3) is 5.69 Å². The SMILES string of the molecule is CC(C)(C)OC(=O)CN1CCN(CC(=O)OC(C)(C)C)CCN(Cc2c(OC(C)(C)C)cc([N+](=O)[O-])cc2OC(C)(C)C)CCN(CC(=O)OC(C)(C)C)CC1. The maximum atomic E-state index is 13.2. The molecule has 1 aliphatic heterocycles. The molecule has 0 amide bonds. The smallest absolute Gasteiger partial charge is 0.320 e. The highest BCUT2D eigenvalue weighted by Gasteiger charge is 2.29. The van der Waals surface area contributed by atoms with Gasteiger partial charge in [0, 0.05) is 58.9 Å². The van der Waals surface area contributed by atoms with E-state index in [0.29, 0.717) is 76.0 Å². The van der Waals surface area contributed by atoms with Gasteiger partial charge < -0.3 is 23.7 Å². The summed E-state index contributed by atoms with van der Waals surface area (Å²) in [5.74, 6) is -0.416. The normalized spacial score (nSPS) is 17.0. The van der Waals surface area contributed by atoms with Crippen LogP contribution in [0.1, 0.15) is 109 Å². The van der Waals surface area contributed by atoms with Crippen LogP contribution < -0.4 is 9.47 Å². The van der Waals surface area contributed by atoms with Crippen molar-refractivity contribution < 1.29 is 43.0 Å². The fourth-order valence-corrected chi connectivity index (χ4v) is 5.81. The van der Waals surface area contributed by atoms with Crippen molar-refractivity contribution in [1.29, 1.82) is 0 Å². The molecule has 0 saturated carbocycles. The lowest BCUT2D eigenvalue weighted by Crippen LogP contribution is -2.49. The van der Waals surface area contributed by atoms with E-state index in [-0.39, 0.29) is 43.2 Å². The number of non-ortho nitro benzene ring substituents is 1. The molecule has 0 spiro atoms. The first-order valence-corrected chi connectivity index (χ1v) is 19.6. The maximum Gasteiger partial charge on any atom is 0.320 e. The second-order valence-electron chi connectivity index (χ2n) is 19.5. The number of hydrogen-bond acceptors (Lipinski definition) is 14. The van der Waals surface area contributed by atoms with Crippen molar-refractivity contribution in [2.45, 2.75) is 138 Å². The lowest BCUT2D eigenvalue weighted by molar-refractivity contribution is -0.385. The molecule has 15 heteroatoms. The molecule has 1 aliphatic rings. The fraction of sp³-hybridized carbons (Fsp3) is 0.780. The number of rotatable bonds is 11. The summed E-state index contributed by atoms with van der Waals surface area (Å²) in [5, 5.41) is 12.1. The van der Waals surface area contributed by atoms with Gasteiger partial charge in [0.1, 0.15) is 39.5 Å². The van der Waals surface area contributed by atoms with Gasteiger partial charge in [-0.3, -0.25) is 44.1 Å². The first-order chi connectivity index (χ1) is 25.4. The zero-order valence-corrected chi connectivity index (χ0v) is 37.0. The number of nitrogens with zero attached hydrogens (tertiary/aromatic N) is 5. The van der Waals surface area contributed by atoms with Crippen LogP contribution in [0.2, 0.25) is 0 Å². The van der Waals surface area contributed by atoms with E-state index >= 15 is 0 Å². The molecule has 1 aromatic carbocycles. The Morgan fingerprint density at radius 3 is 1.02 bits per heavy atom. The Kier molecular flexibility index (Phi) is 17.1. The summed E-state index contributed by atoms with van der Waals surface area (Å²) in [7, 11) is 0. The third-order valence-corrected chi connectivity index (χ3v) is 7.83. The van der Waals surface area contributed by atoms with Crippen LogP contribution in [0.15, 0.2) is 12.1 Å². The van der Waals surface area contributed by atoms with Crippen molar-refractivity contribution in [2.24, 2.45) is 0 Å². The molecule has 2 rings (SSSR count). The summed E-state index contributed by atoms with van der Waals surface area (Å²) in [6.07, 6.45) is 0. The van der Waals surface area contributed by atoms with Gasteiger partial charge in [0.15, 0.2) is 0 Å². The highest BCUT2D eigenvalue weighted by molar-refractivity contribution is 5.73. The van der Waals surface area contributed by atoms with Gasteiger partial charge in [0.05, 0.1) is 42.3 Å². The fourth-order valence-electron chi connectivity index (χ4n) is 5.81. The van der Waals surface area contributed by atoms with Gasteiger partial charge in [-0.15, -0.1) is 0 Å². The van der Waals surface area contributed by atoms with E-state index in [9.17, 15) is 24.5 Å². The zero-order valence-electron chi connectivity index (χ0n) is 37.0. The number of nitro groups is 1. The summed E-state index contributed by atoms with van der Waals surface area (Å²) < 4.78 is 29.8. The molecule has 0 N–H and O–H groups in total. The lowest BCUT2D eigenvalue weighted by Gasteiger charge is -2.35. The average Bonchev–Trinajstić information content (AvgIpc) is 2.95. The number of nitro benzene ring substituents is 1. The van der Waals surface area contributed by atoms with Gasteiger partial charge >= 0.3 is 17.9 Å². The highest BCUT2D eigenvalue weighted by atomic mass is 16.6. The third kappa shape index (κ3) is 20.6. The van der Waals surface area contributed by atoms with Crippen LogP contribution in [-0.2, 0) is 35.1 Å². The summed E-state index contributed by atoms with van der Waals surface area (Å²) in [6, 6.07) is 2.88. The molecule has 0 aromatic heterocycles.